The van der Waals surface area contributed by atoms with Crippen molar-refractivity contribution in [1.82, 2.24) is 5.32 Å². The molecular formula is C13H18N2O2. The van der Waals surface area contributed by atoms with Gasteiger partial charge in [0.05, 0.1) is 17.9 Å². The number of para-hydroxylation sites is 1. The Morgan fingerprint density at radius 2 is 2.06 bits per heavy atom. The third kappa shape index (κ3) is 2.77. The monoisotopic (exact) mass is 234 g/mol. The molecule has 1 saturated heterocycles. The highest BCUT2D eigenvalue weighted by Crippen LogP contribution is 2.21. The molecule has 1 aliphatic heterocycles. The van der Waals surface area contributed by atoms with Gasteiger partial charge in [-0.25, -0.2) is 4.79 Å². The first kappa shape index (κ1) is 11.9. The minimum atomic E-state index is -0.235. The van der Waals surface area contributed by atoms with Gasteiger partial charge < -0.3 is 15.0 Å². The van der Waals surface area contributed by atoms with Gasteiger partial charge in [0.15, 0.2) is 0 Å². The predicted molar refractivity (Wildman–Crippen MR) is 67.5 cm³/mol. The molecule has 17 heavy (non-hydrogen) atoms. The van der Waals surface area contributed by atoms with Gasteiger partial charge in [0.1, 0.15) is 0 Å². The maximum absolute atomic E-state index is 11.8. The highest BCUT2D eigenvalue weighted by atomic mass is 16.5. The molecule has 1 fully saturated rings. The van der Waals surface area contributed by atoms with Crippen LogP contribution in [0.2, 0.25) is 0 Å². The summed E-state index contributed by atoms with van der Waals surface area (Å²) >= 11 is 0. The Kier molecular flexibility index (Phi) is 3.98. The second kappa shape index (κ2) is 5.68. The molecule has 0 atom stereocenters. The summed E-state index contributed by atoms with van der Waals surface area (Å²) in [5.74, 6) is -0.235. The molecule has 0 aliphatic carbocycles. The van der Waals surface area contributed by atoms with Gasteiger partial charge in [-0.1, -0.05) is 12.1 Å². The van der Waals surface area contributed by atoms with Crippen LogP contribution in [0.4, 0.5) is 5.69 Å². The van der Waals surface area contributed by atoms with Gasteiger partial charge in [0, 0.05) is 26.2 Å². The van der Waals surface area contributed by atoms with E-state index in [1.165, 1.54) is 0 Å². The fraction of sp³-hybridized carbons (Fsp3) is 0.462. The third-order valence-electron chi connectivity index (χ3n) is 2.86. The van der Waals surface area contributed by atoms with Crippen LogP contribution in [-0.2, 0) is 4.74 Å². The topological polar surface area (TPSA) is 41.6 Å². The van der Waals surface area contributed by atoms with Crippen molar-refractivity contribution in [3.05, 3.63) is 29.8 Å². The minimum Gasteiger partial charge on any atom is -0.462 e. The summed E-state index contributed by atoms with van der Waals surface area (Å²) in [6, 6.07) is 7.64. The van der Waals surface area contributed by atoms with E-state index >= 15 is 0 Å². The summed E-state index contributed by atoms with van der Waals surface area (Å²) in [4.78, 5) is 14.1. The molecular weight excluding hydrogens is 216 g/mol. The zero-order valence-electron chi connectivity index (χ0n) is 10.1. The van der Waals surface area contributed by atoms with E-state index in [9.17, 15) is 4.79 Å². The number of hydrogen-bond donors (Lipinski definition) is 1. The van der Waals surface area contributed by atoms with E-state index in [0.29, 0.717) is 12.2 Å². The molecule has 92 valence electrons. The van der Waals surface area contributed by atoms with E-state index in [-0.39, 0.29) is 5.97 Å². The van der Waals surface area contributed by atoms with Gasteiger partial charge in [-0.15, -0.1) is 0 Å². The number of benzene rings is 1. The molecule has 0 amide bonds. The number of hydrogen-bond acceptors (Lipinski definition) is 4. The first-order valence-electron chi connectivity index (χ1n) is 6.04. The SMILES string of the molecule is CCOC(=O)c1ccccc1N1CCNCC1. The lowest BCUT2D eigenvalue weighted by Crippen LogP contribution is -2.44. The van der Waals surface area contributed by atoms with Crippen molar-refractivity contribution in [3.63, 3.8) is 0 Å². The van der Waals surface area contributed by atoms with E-state index < -0.39 is 0 Å². The maximum Gasteiger partial charge on any atom is 0.340 e. The molecule has 0 aromatic heterocycles. The van der Waals surface area contributed by atoms with Crippen LogP contribution >= 0.6 is 0 Å². The van der Waals surface area contributed by atoms with Crippen molar-refractivity contribution in [2.45, 2.75) is 6.92 Å². The van der Waals surface area contributed by atoms with Crippen LogP contribution in [-0.4, -0.2) is 38.8 Å². The van der Waals surface area contributed by atoms with Gasteiger partial charge in [-0.05, 0) is 19.1 Å². The van der Waals surface area contributed by atoms with Crippen LogP contribution < -0.4 is 10.2 Å². The molecule has 0 radical (unpaired) electrons. The fourth-order valence-electron chi connectivity index (χ4n) is 2.04. The smallest absolute Gasteiger partial charge is 0.340 e. The number of nitrogens with one attached hydrogen (secondary N) is 1. The van der Waals surface area contributed by atoms with Crippen LogP contribution in [0.15, 0.2) is 24.3 Å². The third-order valence-corrected chi connectivity index (χ3v) is 2.86. The van der Waals surface area contributed by atoms with Crippen LogP contribution in [0.1, 0.15) is 17.3 Å². The largest absolute Gasteiger partial charge is 0.462 e. The average molecular weight is 234 g/mol. The second-order valence-corrected chi connectivity index (χ2v) is 3.97. The number of carbonyl (C=O) groups excluding carboxylic acids is 1. The number of ether oxygens (including phenoxy) is 1. The summed E-state index contributed by atoms with van der Waals surface area (Å²) in [6.45, 7) is 6.00. The lowest BCUT2D eigenvalue weighted by Gasteiger charge is -2.30. The summed E-state index contributed by atoms with van der Waals surface area (Å²) in [6.07, 6.45) is 0. The zero-order chi connectivity index (χ0) is 12.1. The highest BCUT2D eigenvalue weighted by molar-refractivity contribution is 5.95. The molecule has 0 saturated carbocycles. The molecule has 0 bridgehead atoms. The molecule has 4 heteroatoms. The van der Waals surface area contributed by atoms with Gasteiger partial charge >= 0.3 is 5.97 Å². The molecule has 1 aromatic rings. The number of nitrogens with zero attached hydrogens (tertiary/aromatic N) is 1. The molecule has 0 spiro atoms. The Morgan fingerprint density at radius 3 is 2.76 bits per heavy atom. The van der Waals surface area contributed by atoms with Gasteiger partial charge in [0.2, 0.25) is 0 Å². The Balaban J connectivity index is 2.23. The molecule has 0 unspecified atom stereocenters. The van der Waals surface area contributed by atoms with Crippen molar-refractivity contribution in [3.8, 4) is 0 Å². The molecule has 1 heterocycles. The van der Waals surface area contributed by atoms with Crippen molar-refractivity contribution < 1.29 is 9.53 Å². The Labute approximate surface area is 102 Å². The number of piperazine rings is 1. The van der Waals surface area contributed by atoms with E-state index in [0.717, 1.165) is 31.9 Å². The number of anilines is 1. The van der Waals surface area contributed by atoms with Crippen LogP contribution in [0.5, 0.6) is 0 Å². The van der Waals surface area contributed by atoms with Crippen LogP contribution in [0.3, 0.4) is 0 Å². The summed E-state index contributed by atoms with van der Waals surface area (Å²) in [5, 5.41) is 3.30. The van der Waals surface area contributed by atoms with Crippen molar-refractivity contribution in [1.29, 1.82) is 0 Å². The van der Waals surface area contributed by atoms with E-state index in [4.69, 9.17) is 4.74 Å². The number of rotatable bonds is 3. The van der Waals surface area contributed by atoms with Crippen LogP contribution in [0, 0.1) is 0 Å². The van der Waals surface area contributed by atoms with Crippen molar-refractivity contribution in [2.75, 3.05) is 37.7 Å². The molecule has 1 N–H and O–H groups in total. The first-order chi connectivity index (χ1) is 8.33. The first-order valence-corrected chi connectivity index (χ1v) is 6.04. The lowest BCUT2D eigenvalue weighted by atomic mass is 10.1. The molecule has 1 aromatic carbocycles. The van der Waals surface area contributed by atoms with Gasteiger partial charge in [0.25, 0.3) is 0 Å². The average Bonchev–Trinajstić information content (AvgIpc) is 2.40. The number of esters is 1. The second-order valence-electron chi connectivity index (χ2n) is 3.97. The van der Waals surface area contributed by atoms with E-state index in [1.54, 1.807) is 0 Å². The standard InChI is InChI=1S/C13H18N2O2/c1-2-17-13(16)11-5-3-4-6-12(11)15-9-7-14-8-10-15/h3-6,14H,2,7-10H2,1H3. The minimum absolute atomic E-state index is 0.235. The summed E-state index contributed by atoms with van der Waals surface area (Å²) in [7, 11) is 0. The highest BCUT2D eigenvalue weighted by Gasteiger charge is 2.18. The quantitative estimate of drug-likeness (QED) is 0.800. The molecule has 1 aliphatic rings. The maximum atomic E-state index is 11.8. The Hall–Kier alpha value is -1.55. The molecule has 4 nitrogen and oxygen atoms in total. The van der Waals surface area contributed by atoms with Gasteiger partial charge in [-0.2, -0.15) is 0 Å². The normalized spacial score (nSPS) is 15.7. The summed E-state index contributed by atoms with van der Waals surface area (Å²) < 4.78 is 5.08. The van der Waals surface area contributed by atoms with Crippen molar-refractivity contribution >= 4 is 11.7 Å². The molecule has 2 rings (SSSR count). The van der Waals surface area contributed by atoms with Gasteiger partial charge in [-0.3, -0.25) is 0 Å². The van der Waals surface area contributed by atoms with Crippen LogP contribution in [0.25, 0.3) is 0 Å². The lowest BCUT2D eigenvalue weighted by molar-refractivity contribution is 0.0527. The van der Waals surface area contributed by atoms with E-state index in [1.807, 2.05) is 31.2 Å². The predicted octanol–water partition coefficient (Wildman–Crippen LogP) is 1.27. The van der Waals surface area contributed by atoms with E-state index in [2.05, 4.69) is 10.2 Å². The Bertz CT molecular complexity index is 387. The fourth-order valence-corrected chi connectivity index (χ4v) is 2.04. The zero-order valence-corrected chi connectivity index (χ0v) is 10.1. The Morgan fingerprint density at radius 1 is 1.35 bits per heavy atom. The van der Waals surface area contributed by atoms with Crippen molar-refractivity contribution in [2.24, 2.45) is 0 Å². The summed E-state index contributed by atoms with van der Waals surface area (Å²) in [5.41, 5.74) is 1.64. The number of carbonyl (C=O) groups is 1.